The maximum atomic E-state index is 12.2. The van der Waals surface area contributed by atoms with Crippen LogP contribution in [0.2, 0.25) is 0 Å². The highest BCUT2D eigenvalue weighted by molar-refractivity contribution is 7.16. The second-order valence-electron chi connectivity index (χ2n) is 4.44. The molecule has 1 aromatic rings. The van der Waals surface area contributed by atoms with Gasteiger partial charge in [0.15, 0.2) is 0 Å². The molecular formula is C13H18N2O4S. The van der Waals surface area contributed by atoms with Crippen molar-refractivity contribution < 1.29 is 19.5 Å². The van der Waals surface area contributed by atoms with Gasteiger partial charge in [0.1, 0.15) is 11.0 Å². The molecule has 0 aliphatic rings. The Kier molecular flexibility index (Phi) is 5.26. The first kappa shape index (κ1) is 16.2. The van der Waals surface area contributed by atoms with Crippen molar-refractivity contribution >= 4 is 34.1 Å². The zero-order valence-corrected chi connectivity index (χ0v) is 12.7. The van der Waals surface area contributed by atoms with Crippen molar-refractivity contribution in [1.29, 1.82) is 0 Å². The van der Waals surface area contributed by atoms with Gasteiger partial charge in [-0.25, -0.2) is 4.79 Å². The third-order valence-electron chi connectivity index (χ3n) is 2.91. The second-order valence-corrected chi connectivity index (χ2v) is 5.67. The van der Waals surface area contributed by atoms with Crippen LogP contribution in [-0.4, -0.2) is 28.9 Å². The number of nitrogens with one attached hydrogen (secondary N) is 2. The van der Waals surface area contributed by atoms with Crippen molar-refractivity contribution in [2.45, 2.75) is 40.2 Å². The normalized spacial score (nSPS) is 11.8. The lowest BCUT2D eigenvalue weighted by Gasteiger charge is -2.13. The maximum Gasteiger partial charge on any atom is 0.326 e. The summed E-state index contributed by atoms with van der Waals surface area (Å²) >= 11 is 1.30. The molecule has 7 heteroatoms. The van der Waals surface area contributed by atoms with Gasteiger partial charge in [-0.1, -0.05) is 6.92 Å². The second kappa shape index (κ2) is 6.51. The lowest BCUT2D eigenvalue weighted by atomic mass is 10.1. The molecule has 1 unspecified atom stereocenters. The van der Waals surface area contributed by atoms with E-state index in [1.54, 1.807) is 13.8 Å². The van der Waals surface area contributed by atoms with Crippen LogP contribution in [0.1, 0.15) is 41.1 Å². The molecule has 110 valence electrons. The van der Waals surface area contributed by atoms with E-state index in [2.05, 4.69) is 10.6 Å². The van der Waals surface area contributed by atoms with Crippen molar-refractivity contribution in [2.24, 2.45) is 0 Å². The molecule has 3 N–H and O–H groups in total. The predicted octanol–water partition coefficient (Wildman–Crippen LogP) is 1.92. The summed E-state index contributed by atoms with van der Waals surface area (Å²) in [5.74, 6) is -1.83. The highest BCUT2D eigenvalue weighted by Gasteiger charge is 2.24. The van der Waals surface area contributed by atoms with Crippen LogP contribution in [0.4, 0.5) is 5.00 Å². The molecule has 1 atom stereocenters. The van der Waals surface area contributed by atoms with E-state index < -0.39 is 17.9 Å². The summed E-state index contributed by atoms with van der Waals surface area (Å²) in [7, 11) is 0. The highest BCUT2D eigenvalue weighted by Crippen LogP contribution is 2.32. The number of hydrogen-bond acceptors (Lipinski definition) is 4. The van der Waals surface area contributed by atoms with Crippen molar-refractivity contribution in [3.05, 3.63) is 16.0 Å². The Morgan fingerprint density at radius 1 is 1.30 bits per heavy atom. The van der Waals surface area contributed by atoms with Gasteiger partial charge in [0.25, 0.3) is 5.91 Å². The number of thiophene rings is 1. The summed E-state index contributed by atoms with van der Waals surface area (Å²) in [6.07, 6.45) is 0.290. The molecular weight excluding hydrogens is 280 g/mol. The molecule has 0 saturated carbocycles. The van der Waals surface area contributed by atoms with Crippen LogP contribution >= 0.6 is 11.3 Å². The molecule has 1 heterocycles. The monoisotopic (exact) mass is 298 g/mol. The first-order valence-corrected chi connectivity index (χ1v) is 7.00. The molecule has 0 aromatic carbocycles. The summed E-state index contributed by atoms with van der Waals surface area (Å²) in [6.45, 7) is 6.65. The molecule has 0 bridgehead atoms. The van der Waals surface area contributed by atoms with E-state index in [1.165, 1.54) is 18.3 Å². The van der Waals surface area contributed by atoms with Crippen LogP contribution in [0.3, 0.4) is 0 Å². The molecule has 1 aromatic heterocycles. The number of carboxylic acids is 1. The fourth-order valence-electron chi connectivity index (χ4n) is 1.72. The molecule has 0 aliphatic heterocycles. The van der Waals surface area contributed by atoms with Crippen LogP contribution in [0, 0.1) is 13.8 Å². The number of hydrogen-bond donors (Lipinski definition) is 3. The van der Waals surface area contributed by atoms with E-state index in [0.29, 0.717) is 17.0 Å². The van der Waals surface area contributed by atoms with Gasteiger partial charge in [-0.05, 0) is 25.8 Å². The summed E-state index contributed by atoms with van der Waals surface area (Å²) in [5, 5.41) is 14.5. The summed E-state index contributed by atoms with van der Waals surface area (Å²) < 4.78 is 0. The van der Waals surface area contributed by atoms with Crippen LogP contribution in [0.5, 0.6) is 0 Å². The molecule has 2 amide bonds. The summed E-state index contributed by atoms with van der Waals surface area (Å²) in [4.78, 5) is 35.3. The Labute approximate surface area is 121 Å². The average Bonchev–Trinajstić information content (AvgIpc) is 2.60. The molecule has 0 aliphatic carbocycles. The number of carbonyl (C=O) groups is 3. The van der Waals surface area contributed by atoms with E-state index in [1.807, 2.05) is 6.92 Å². The van der Waals surface area contributed by atoms with Gasteiger partial charge in [0.2, 0.25) is 5.91 Å². The number of aryl methyl sites for hydroxylation is 1. The SMILES string of the molecule is CCC(NC(=O)c1c(NC(C)=O)sc(C)c1C)C(=O)O. The molecule has 20 heavy (non-hydrogen) atoms. The number of carbonyl (C=O) groups excluding carboxylic acids is 2. The van der Waals surface area contributed by atoms with Gasteiger partial charge >= 0.3 is 5.97 Å². The van der Waals surface area contributed by atoms with Gasteiger partial charge in [-0.2, -0.15) is 0 Å². The van der Waals surface area contributed by atoms with Gasteiger partial charge in [-0.15, -0.1) is 11.3 Å². The number of carboxylic acid groups (broad SMARTS) is 1. The van der Waals surface area contributed by atoms with E-state index in [9.17, 15) is 14.4 Å². The van der Waals surface area contributed by atoms with Gasteiger partial charge < -0.3 is 15.7 Å². The Morgan fingerprint density at radius 2 is 1.90 bits per heavy atom. The number of aliphatic carboxylic acids is 1. The predicted molar refractivity (Wildman–Crippen MR) is 77.3 cm³/mol. The lowest BCUT2D eigenvalue weighted by molar-refractivity contribution is -0.139. The first-order chi connectivity index (χ1) is 9.27. The standard InChI is InChI=1S/C13H18N2O4S/c1-5-9(13(18)19)15-11(17)10-6(2)7(3)20-12(10)14-8(4)16/h9H,5H2,1-4H3,(H,14,16)(H,15,17)(H,18,19). The fraction of sp³-hybridized carbons (Fsp3) is 0.462. The van der Waals surface area contributed by atoms with Crippen molar-refractivity contribution in [2.75, 3.05) is 5.32 Å². The van der Waals surface area contributed by atoms with Crippen LogP contribution in [-0.2, 0) is 9.59 Å². The largest absolute Gasteiger partial charge is 0.480 e. The molecule has 0 spiro atoms. The van der Waals surface area contributed by atoms with E-state index in [-0.39, 0.29) is 5.91 Å². The van der Waals surface area contributed by atoms with Crippen LogP contribution in [0.15, 0.2) is 0 Å². The Balaban J connectivity index is 3.08. The van der Waals surface area contributed by atoms with Gasteiger partial charge in [0.05, 0.1) is 5.56 Å². The topological polar surface area (TPSA) is 95.5 Å². The molecule has 0 radical (unpaired) electrons. The van der Waals surface area contributed by atoms with Crippen molar-refractivity contribution in [1.82, 2.24) is 5.32 Å². The number of rotatable bonds is 5. The van der Waals surface area contributed by atoms with E-state index in [4.69, 9.17) is 5.11 Å². The zero-order valence-electron chi connectivity index (χ0n) is 11.9. The fourth-order valence-corrected chi connectivity index (χ4v) is 2.82. The number of anilines is 1. The average molecular weight is 298 g/mol. The minimum Gasteiger partial charge on any atom is -0.480 e. The minimum absolute atomic E-state index is 0.273. The van der Waals surface area contributed by atoms with E-state index in [0.717, 1.165) is 10.4 Å². The molecule has 1 rings (SSSR count). The maximum absolute atomic E-state index is 12.2. The third-order valence-corrected chi connectivity index (χ3v) is 4.04. The summed E-state index contributed by atoms with van der Waals surface area (Å²) in [6, 6.07) is -0.938. The number of amides is 2. The quantitative estimate of drug-likeness (QED) is 0.774. The summed E-state index contributed by atoms with van der Waals surface area (Å²) in [5.41, 5.74) is 1.08. The van der Waals surface area contributed by atoms with Crippen molar-refractivity contribution in [3.63, 3.8) is 0 Å². The Bertz CT molecular complexity index is 551. The zero-order chi connectivity index (χ0) is 15.4. The molecule has 0 fully saturated rings. The van der Waals surface area contributed by atoms with E-state index >= 15 is 0 Å². The third kappa shape index (κ3) is 3.57. The van der Waals surface area contributed by atoms with Crippen LogP contribution in [0.25, 0.3) is 0 Å². The van der Waals surface area contributed by atoms with Crippen LogP contribution < -0.4 is 10.6 Å². The van der Waals surface area contributed by atoms with Crippen molar-refractivity contribution in [3.8, 4) is 0 Å². The Hall–Kier alpha value is -1.89. The smallest absolute Gasteiger partial charge is 0.326 e. The van der Waals surface area contributed by atoms with Gasteiger partial charge in [-0.3, -0.25) is 9.59 Å². The first-order valence-electron chi connectivity index (χ1n) is 6.19. The molecule has 6 nitrogen and oxygen atoms in total. The highest BCUT2D eigenvalue weighted by atomic mass is 32.1. The molecule has 0 saturated heterocycles. The Morgan fingerprint density at radius 3 is 2.35 bits per heavy atom. The minimum atomic E-state index is -1.08. The lowest BCUT2D eigenvalue weighted by Crippen LogP contribution is -2.40. The van der Waals surface area contributed by atoms with Gasteiger partial charge in [0, 0.05) is 11.8 Å².